The summed E-state index contributed by atoms with van der Waals surface area (Å²) in [4.78, 5) is 18.2. The Kier molecular flexibility index (Phi) is 4.93. The number of aryl methyl sites for hydroxylation is 2. The number of amides is 2. The Morgan fingerprint density at radius 1 is 1.24 bits per heavy atom. The topological polar surface area (TPSA) is 45.2 Å². The SMILES string of the molecule is CCc1cccc(C)c1NC(=O)N(C)Cc1ccccn1. The second kappa shape index (κ2) is 6.88. The summed E-state index contributed by atoms with van der Waals surface area (Å²) in [7, 11) is 1.77. The second-order valence-corrected chi connectivity index (χ2v) is 5.07. The number of anilines is 1. The van der Waals surface area contributed by atoms with Crippen molar-refractivity contribution in [3.05, 3.63) is 59.4 Å². The fourth-order valence-corrected chi connectivity index (χ4v) is 2.21. The van der Waals surface area contributed by atoms with Gasteiger partial charge in [-0.2, -0.15) is 0 Å². The molecule has 0 radical (unpaired) electrons. The molecule has 110 valence electrons. The van der Waals surface area contributed by atoms with Crippen LogP contribution in [-0.2, 0) is 13.0 Å². The summed E-state index contributed by atoms with van der Waals surface area (Å²) in [5.41, 5.74) is 4.01. The Morgan fingerprint density at radius 2 is 2.05 bits per heavy atom. The highest BCUT2D eigenvalue weighted by atomic mass is 16.2. The summed E-state index contributed by atoms with van der Waals surface area (Å²) in [6.07, 6.45) is 2.62. The fraction of sp³-hybridized carbons (Fsp3) is 0.294. The first kappa shape index (κ1) is 15.0. The van der Waals surface area contributed by atoms with E-state index in [1.807, 2.05) is 43.3 Å². The van der Waals surface area contributed by atoms with Crippen molar-refractivity contribution in [3.63, 3.8) is 0 Å². The number of urea groups is 1. The molecule has 0 saturated heterocycles. The van der Waals surface area contributed by atoms with Gasteiger partial charge in [-0.25, -0.2) is 4.79 Å². The lowest BCUT2D eigenvalue weighted by Gasteiger charge is -2.20. The number of para-hydroxylation sites is 1. The molecule has 0 unspecified atom stereocenters. The maximum atomic E-state index is 12.3. The van der Waals surface area contributed by atoms with E-state index < -0.39 is 0 Å². The van der Waals surface area contributed by atoms with Gasteiger partial charge >= 0.3 is 6.03 Å². The first-order valence-corrected chi connectivity index (χ1v) is 7.12. The van der Waals surface area contributed by atoms with Crippen LogP contribution in [0, 0.1) is 6.92 Å². The van der Waals surface area contributed by atoms with Gasteiger partial charge in [0.25, 0.3) is 0 Å². The number of hydrogen-bond donors (Lipinski definition) is 1. The molecule has 0 aliphatic carbocycles. The highest BCUT2D eigenvalue weighted by molar-refractivity contribution is 5.90. The Balaban J connectivity index is 2.08. The van der Waals surface area contributed by atoms with Gasteiger partial charge in [0.05, 0.1) is 12.2 Å². The molecule has 1 aromatic heterocycles. The van der Waals surface area contributed by atoms with E-state index in [2.05, 4.69) is 17.2 Å². The van der Waals surface area contributed by atoms with E-state index in [1.54, 1.807) is 18.1 Å². The number of rotatable bonds is 4. The molecule has 1 heterocycles. The van der Waals surface area contributed by atoms with Gasteiger partial charge in [0.2, 0.25) is 0 Å². The van der Waals surface area contributed by atoms with Crippen LogP contribution in [0.4, 0.5) is 10.5 Å². The molecule has 1 N–H and O–H groups in total. The number of aromatic nitrogens is 1. The Hall–Kier alpha value is -2.36. The molecule has 0 aliphatic heterocycles. The highest BCUT2D eigenvalue weighted by Crippen LogP contribution is 2.21. The van der Waals surface area contributed by atoms with E-state index in [9.17, 15) is 4.79 Å². The van der Waals surface area contributed by atoms with E-state index in [0.29, 0.717) is 6.54 Å². The predicted molar refractivity (Wildman–Crippen MR) is 85.3 cm³/mol. The summed E-state index contributed by atoms with van der Waals surface area (Å²) in [6.45, 7) is 4.58. The zero-order valence-electron chi connectivity index (χ0n) is 12.8. The molecular weight excluding hydrogens is 262 g/mol. The molecule has 2 rings (SSSR count). The smallest absolute Gasteiger partial charge is 0.321 e. The van der Waals surface area contributed by atoms with Crippen molar-refractivity contribution in [2.45, 2.75) is 26.8 Å². The van der Waals surface area contributed by atoms with Gasteiger partial charge in [-0.1, -0.05) is 31.2 Å². The van der Waals surface area contributed by atoms with Crippen LogP contribution >= 0.6 is 0 Å². The molecule has 0 aliphatic rings. The van der Waals surface area contributed by atoms with Crippen molar-refractivity contribution in [2.24, 2.45) is 0 Å². The van der Waals surface area contributed by atoms with Crippen molar-refractivity contribution in [3.8, 4) is 0 Å². The van der Waals surface area contributed by atoms with Crippen LogP contribution in [0.3, 0.4) is 0 Å². The number of benzene rings is 1. The first-order chi connectivity index (χ1) is 10.1. The predicted octanol–water partition coefficient (Wildman–Crippen LogP) is 3.62. The Labute approximate surface area is 125 Å². The van der Waals surface area contributed by atoms with E-state index in [0.717, 1.165) is 28.9 Å². The summed E-state index contributed by atoms with van der Waals surface area (Å²) < 4.78 is 0. The van der Waals surface area contributed by atoms with Crippen LogP contribution in [0.2, 0.25) is 0 Å². The van der Waals surface area contributed by atoms with Crippen LogP contribution in [0.25, 0.3) is 0 Å². The van der Waals surface area contributed by atoms with Crippen LogP contribution in [0.5, 0.6) is 0 Å². The maximum Gasteiger partial charge on any atom is 0.321 e. The largest absolute Gasteiger partial charge is 0.322 e. The fourth-order valence-electron chi connectivity index (χ4n) is 2.21. The number of carbonyl (C=O) groups is 1. The third-order valence-corrected chi connectivity index (χ3v) is 3.44. The zero-order chi connectivity index (χ0) is 15.2. The lowest BCUT2D eigenvalue weighted by Crippen LogP contribution is -2.31. The zero-order valence-corrected chi connectivity index (χ0v) is 12.8. The standard InChI is InChI=1S/C17H21N3O/c1-4-14-9-7-8-13(2)16(14)19-17(21)20(3)12-15-10-5-6-11-18-15/h5-11H,4,12H2,1-3H3,(H,19,21). The van der Waals surface area contributed by atoms with Gasteiger partial charge in [0.1, 0.15) is 0 Å². The molecule has 4 nitrogen and oxygen atoms in total. The monoisotopic (exact) mass is 283 g/mol. The molecule has 4 heteroatoms. The first-order valence-electron chi connectivity index (χ1n) is 7.12. The van der Waals surface area contributed by atoms with Crippen molar-refractivity contribution in [2.75, 3.05) is 12.4 Å². The van der Waals surface area contributed by atoms with E-state index >= 15 is 0 Å². The summed E-state index contributed by atoms with van der Waals surface area (Å²) in [6, 6.07) is 11.6. The minimum atomic E-state index is -0.121. The molecule has 1 aromatic carbocycles. The van der Waals surface area contributed by atoms with Gasteiger partial charge < -0.3 is 10.2 Å². The Morgan fingerprint density at radius 3 is 2.71 bits per heavy atom. The molecule has 0 fully saturated rings. The van der Waals surface area contributed by atoms with Crippen molar-refractivity contribution in [1.29, 1.82) is 0 Å². The van der Waals surface area contributed by atoms with Crippen LogP contribution in [0.1, 0.15) is 23.7 Å². The molecule has 21 heavy (non-hydrogen) atoms. The molecule has 0 spiro atoms. The van der Waals surface area contributed by atoms with E-state index in [-0.39, 0.29) is 6.03 Å². The molecule has 0 saturated carbocycles. The minimum Gasteiger partial charge on any atom is -0.322 e. The summed E-state index contributed by atoms with van der Waals surface area (Å²) in [5, 5.41) is 3.01. The molecule has 2 amide bonds. The lowest BCUT2D eigenvalue weighted by molar-refractivity contribution is 0.220. The minimum absolute atomic E-state index is 0.121. The highest BCUT2D eigenvalue weighted by Gasteiger charge is 2.13. The number of hydrogen-bond acceptors (Lipinski definition) is 2. The Bertz CT molecular complexity index is 611. The number of carbonyl (C=O) groups excluding carboxylic acids is 1. The third-order valence-electron chi connectivity index (χ3n) is 3.44. The second-order valence-electron chi connectivity index (χ2n) is 5.07. The molecule has 2 aromatic rings. The van der Waals surface area contributed by atoms with Crippen molar-refractivity contribution < 1.29 is 4.79 Å². The summed E-state index contributed by atoms with van der Waals surface area (Å²) in [5.74, 6) is 0. The van der Waals surface area contributed by atoms with Crippen molar-refractivity contribution in [1.82, 2.24) is 9.88 Å². The van der Waals surface area contributed by atoms with Crippen molar-refractivity contribution >= 4 is 11.7 Å². The van der Waals surface area contributed by atoms with E-state index in [4.69, 9.17) is 0 Å². The van der Waals surface area contributed by atoms with Gasteiger partial charge in [0.15, 0.2) is 0 Å². The van der Waals surface area contributed by atoms with Crippen LogP contribution in [-0.4, -0.2) is 23.0 Å². The number of nitrogens with zero attached hydrogens (tertiary/aromatic N) is 2. The normalized spacial score (nSPS) is 10.2. The quantitative estimate of drug-likeness (QED) is 0.931. The van der Waals surface area contributed by atoms with Crippen LogP contribution < -0.4 is 5.32 Å². The molecule has 0 bridgehead atoms. The summed E-state index contributed by atoms with van der Waals surface area (Å²) >= 11 is 0. The number of pyridine rings is 1. The van der Waals surface area contributed by atoms with Crippen LogP contribution in [0.15, 0.2) is 42.6 Å². The number of nitrogens with one attached hydrogen (secondary N) is 1. The average molecular weight is 283 g/mol. The maximum absolute atomic E-state index is 12.3. The van der Waals surface area contributed by atoms with Gasteiger partial charge in [-0.05, 0) is 36.6 Å². The lowest BCUT2D eigenvalue weighted by atomic mass is 10.1. The van der Waals surface area contributed by atoms with E-state index in [1.165, 1.54) is 0 Å². The van der Waals surface area contributed by atoms with Gasteiger partial charge in [0, 0.05) is 18.9 Å². The molecular formula is C17H21N3O. The van der Waals surface area contributed by atoms with Gasteiger partial charge in [-0.3, -0.25) is 4.98 Å². The average Bonchev–Trinajstić information content (AvgIpc) is 2.50. The molecule has 0 atom stereocenters. The van der Waals surface area contributed by atoms with Gasteiger partial charge in [-0.15, -0.1) is 0 Å². The third kappa shape index (κ3) is 3.81.